The molecular weight excluding hydrogens is 336 g/mol. The first-order chi connectivity index (χ1) is 10.0. The number of halogens is 1. The molecule has 0 spiro atoms. The maximum absolute atomic E-state index is 12.0. The Bertz CT molecular complexity index is 840. The summed E-state index contributed by atoms with van der Waals surface area (Å²) in [5, 5.41) is 10.3. The van der Waals surface area contributed by atoms with Crippen LogP contribution in [-0.4, -0.2) is 14.7 Å². The first kappa shape index (κ1) is 15.1. The standard InChI is InChI=1S/C15H13BrN2O3/c1-2-3-4-8-18-14(20)12(13(19)17-15(18)21)10-6-5-7-11(16)9-10/h5-7,9,20H,4,8H2,1H3,(H,17,19,21). The number of hydrogen-bond acceptors (Lipinski definition) is 3. The highest BCUT2D eigenvalue weighted by molar-refractivity contribution is 9.10. The zero-order valence-electron chi connectivity index (χ0n) is 11.3. The topological polar surface area (TPSA) is 75.1 Å². The SMILES string of the molecule is CC#CCCn1c(O)c(-c2cccc(Br)c2)c(=O)[nH]c1=O. The van der Waals surface area contributed by atoms with Crippen LogP contribution in [0.3, 0.4) is 0 Å². The molecule has 0 aliphatic heterocycles. The van der Waals surface area contributed by atoms with E-state index in [1.54, 1.807) is 25.1 Å². The van der Waals surface area contributed by atoms with E-state index in [0.717, 1.165) is 9.04 Å². The highest BCUT2D eigenvalue weighted by atomic mass is 79.9. The molecule has 0 fully saturated rings. The van der Waals surface area contributed by atoms with Crippen molar-refractivity contribution >= 4 is 15.9 Å². The number of aromatic amines is 1. The second-order valence-electron chi connectivity index (χ2n) is 4.30. The van der Waals surface area contributed by atoms with Gasteiger partial charge in [0.1, 0.15) is 5.56 Å². The molecule has 0 radical (unpaired) electrons. The van der Waals surface area contributed by atoms with Gasteiger partial charge in [0.05, 0.1) is 0 Å². The van der Waals surface area contributed by atoms with Crippen LogP contribution in [0.2, 0.25) is 0 Å². The fourth-order valence-electron chi connectivity index (χ4n) is 1.96. The third kappa shape index (κ3) is 3.26. The van der Waals surface area contributed by atoms with Crippen molar-refractivity contribution in [2.75, 3.05) is 0 Å². The van der Waals surface area contributed by atoms with Crippen molar-refractivity contribution in [2.45, 2.75) is 19.9 Å². The summed E-state index contributed by atoms with van der Waals surface area (Å²) in [5.41, 5.74) is -0.665. The minimum absolute atomic E-state index is 0.0698. The quantitative estimate of drug-likeness (QED) is 0.834. The van der Waals surface area contributed by atoms with Gasteiger partial charge in [-0.05, 0) is 24.6 Å². The molecule has 0 saturated carbocycles. The third-order valence-electron chi connectivity index (χ3n) is 2.92. The number of nitrogens with zero attached hydrogens (tertiary/aromatic N) is 1. The van der Waals surface area contributed by atoms with Gasteiger partial charge in [-0.2, -0.15) is 0 Å². The Hall–Kier alpha value is -2.26. The van der Waals surface area contributed by atoms with Gasteiger partial charge < -0.3 is 5.11 Å². The molecule has 108 valence electrons. The molecule has 6 heteroatoms. The van der Waals surface area contributed by atoms with E-state index in [1.165, 1.54) is 0 Å². The molecule has 1 heterocycles. The summed E-state index contributed by atoms with van der Waals surface area (Å²) in [6.07, 6.45) is 0.411. The summed E-state index contributed by atoms with van der Waals surface area (Å²) < 4.78 is 1.88. The van der Waals surface area contributed by atoms with Crippen molar-refractivity contribution in [3.63, 3.8) is 0 Å². The van der Waals surface area contributed by atoms with Gasteiger partial charge in [-0.3, -0.25) is 14.3 Å². The van der Waals surface area contributed by atoms with Gasteiger partial charge in [0.15, 0.2) is 0 Å². The van der Waals surface area contributed by atoms with Crippen molar-refractivity contribution in [1.82, 2.24) is 9.55 Å². The number of benzene rings is 1. The van der Waals surface area contributed by atoms with E-state index >= 15 is 0 Å². The Morgan fingerprint density at radius 1 is 1.38 bits per heavy atom. The molecule has 0 aliphatic carbocycles. The number of rotatable bonds is 3. The first-order valence-corrected chi connectivity index (χ1v) is 7.05. The molecule has 1 aromatic carbocycles. The van der Waals surface area contributed by atoms with E-state index in [-0.39, 0.29) is 18.0 Å². The van der Waals surface area contributed by atoms with Gasteiger partial charge in [-0.25, -0.2) is 4.79 Å². The lowest BCUT2D eigenvalue weighted by atomic mass is 10.1. The predicted octanol–water partition coefficient (Wildman–Crippen LogP) is 2.09. The Labute approximate surface area is 129 Å². The monoisotopic (exact) mass is 348 g/mol. The Morgan fingerprint density at radius 3 is 2.81 bits per heavy atom. The maximum Gasteiger partial charge on any atom is 0.331 e. The minimum atomic E-state index is -0.644. The van der Waals surface area contributed by atoms with Gasteiger partial charge in [-0.15, -0.1) is 11.8 Å². The van der Waals surface area contributed by atoms with E-state index in [4.69, 9.17) is 0 Å². The van der Waals surface area contributed by atoms with E-state index in [1.807, 2.05) is 6.07 Å². The average molecular weight is 349 g/mol. The van der Waals surface area contributed by atoms with Crippen molar-refractivity contribution in [1.29, 1.82) is 0 Å². The zero-order valence-corrected chi connectivity index (χ0v) is 12.9. The van der Waals surface area contributed by atoms with Gasteiger partial charge in [0, 0.05) is 17.4 Å². The fraction of sp³-hybridized carbons (Fsp3) is 0.200. The van der Waals surface area contributed by atoms with Crippen LogP contribution in [0, 0.1) is 11.8 Å². The van der Waals surface area contributed by atoms with Crippen LogP contribution >= 0.6 is 15.9 Å². The van der Waals surface area contributed by atoms with Crippen molar-refractivity contribution < 1.29 is 5.11 Å². The number of nitrogens with one attached hydrogen (secondary N) is 1. The summed E-state index contributed by atoms with van der Waals surface area (Å²) in [4.78, 5) is 26.0. The van der Waals surface area contributed by atoms with E-state index in [9.17, 15) is 14.7 Å². The third-order valence-corrected chi connectivity index (χ3v) is 3.42. The number of H-pyrrole nitrogens is 1. The lowest BCUT2D eigenvalue weighted by molar-refractivity contribution is 0.404. The zero-order chi connectivity index (χ0) is 15.4. The average Bonchev–Trinajstić information content (AvgIpc) is 2.42. The molecule has 2 rings (SSSR count). The van der Waals surface area contributed by atoms with Crippen LogP contribution in [0.4, 0.5) is 0 Å². The van der Waals surface area contributed by atoms with Crippen LogP contribution < -0.4 is 11.2 Å². The van der Waals surface area contributed by atoms with Crippen molar-refractivity contribution in [3.8, 4) is 28.8 Å². The molecule has 2 N–H and O–H groups in total. The van der Waals surface area contributed by atoms with Crippen LogP contribution in [0.15, 0.2) is 38.3 Å². The predicted molar refractivity (Wildman–Crippen MR) is 84.2 cm³/mol. The van der Waals surface area contributed by atoms with Crippen molar-refractivity contribution in [3.05, 3.63) is 49.6 Å². The van der Waals surface area contributed by atoms with Gasteiger partial charge in [0.2, 0.25) is 5.88 Å². The van der Waals surface area contributed by atoms with E-state index in [2.05, 4.69) is 32.8 Å². The van der Waals surface area contributed by atoms with Gasteiger partial charge in [0.25, 0.3) is 5.56 Å². The van der Waals surface area contributed by atoms with Crippen LogP contribution in [0.25, 0.3) is 11.1 Å². The van der Waals surface area contributed by atoms with Crippen LogP contribution in [0.1, 0.15) is 13.3 Å². The molecule has 0 saturated heterocycles. The number of aromatic nitrogens is 2. The van der Waals surface area contributed by atoms with Gasteiger partial charge >= 0.3 is 5.69 Å². The number of aromatic hydroxyl groups is 1. The van der Waals surface area contributed by atoms with Crippen LogP contribution in [-0.2, 0) is 6.54 Å². The second-order valence-corrected chi connectivity index (χ2v) is 5.21. The largest absolute Gasteiger partial charge is 0.494 e. The molecule has 0 unspecified atom stereocenters. The smallest absolute Gasteiger partial charge is 0.331 e. The Morgan fingerprint density at radius 2 is 2.14 bits per heavy atom. The molecule has 5 nitrogen and oxygen atoms in total. The molecule has 2 aromatic rings. The van der Waals surface area contributed by atoms with Crippen molar-refractivity contribution in [2.24, 2.45) is 0 Å². The van der Waals surface area contributed by atoms with E-state index in [0.29, 0.717) is 12.0 Å². The second kappa shape index (κ2) is 6.46. The normalized spacial score (nSPS) is 10.0. The van der Waals surface area contributed by atoms with Gasteiger partial charge in [-0.1, -0.05) is 28.1 Å². The first-order valence-electron chi connectivity index (χ1n) is 6.26. The molecule has 1 aromatic heterocycles. The molecule has 0 bridgehead atoms. The molecule has 0 amide bonds. The Balaban J connectivity index is 2.61. The summed E-state index contributed by atoms with van der Waals surface area (Å²) in [6.45, 7) is 1.91. The fourth-order valence-corrected chi connectivity index (χ4v) is 2.36. The van der Waals surface area contributed by atoms with Crippen LogP contribution in [0.5, 0.6) is 5.88 Å². The lowest BCUT2D eigenvalue weighted by Crippen LogP contribution is -2.31. The minimum Gasteiger partial charge on any atom is -0.494 e. The highest BCUT2D eigenvalue weighted by Gasteiger charge is 2.15. The molecule has 21 heavy (non-hydrogen) atoms. The summed E-state index contributed by atoms with van der Waals surface area (Å²) >= 11 is 3.31. The molecule has 0 aliphatic rings. The maximum atomic E-state index is 12.0. The summed E-state index contributed by atoms with van der Waals surface area (Å²) in [6, 6.07) is 6.94. The lowest BCUT2D eigenvalue weighted by Gasteiger charge is -2.10. The van der Waals surface area contributed by atoms with E-state index < -0.39 is 11.2 Å². The number of hydrogen-bond donors (Lipinski definition) is 2. The highest BCUT2D eigenvalue weighted by Crippen LogP contribution is 2.26. The summed E-state index contributed by atoms with van der Waals surface area (Å²) in [7, 11) is 0. The summed E-state index contributed by atoms with van der Waals surface area (Å²) in [5.74, 6) is 5.18. The molecule has 0 atom stereocenters. The molecular formula is C15H13BrN2O3. The Kier molecular flexibility index (Phi) is 4.66.